The fourth-order valence-electron chi connectivity index (χ4n) is 3.40. The molecule has 1 saturated carbocycles. The van der Waals surface area contributed by atoms with Crippen LogP contribution in [0.15, 0.2) is 42.5 Å². The zero-order valence-electron chi connectivity index (χ0n) is 14.2. The predicted molar refractivity (Wildman–Crippen MR) is 98.3 cm³/mol. The molecule has 2 aliphatic rings. The third kappa shape index (κ3) is 3.58. The number of rotatable bonds is 6. The van der Waals surface area contributed by atoms with Crippen LogP contribution in [0.5, 0.6) is 0 Å². The lowest BCUT2D eigenvalue weighted by Crippen LogP contribution is -2.26. The Balaban J connectivity index is 1.29. The van der Waals surface area contributed by atoms with Crippen LogP contribution in [-0.2, 0) is 16.0 Å². The first-order chi connectivity index (χ1) is 12.2. The van der Waals surface area contributed by atoms with Gasteiger partial charge in [0, 0.05) is 24.6 Å². The third-order valence-corrected chi connectivity index (χ3v) is 4.91. The van der Waals surface area contributed by atoms with Crippen LogP contribution in [0, 0.1) is 5.92 Å². The molecule has 1 fully saturated rings. The van der Waals surface area contributed by atoms with Crippen LogP contribution >= 0.6 is 0 Å². The maximum Gasteiger partial charge on any atom is 0.224 e. The largest absolute Gasteiger partial charge is 0.356 e. The van der Waals surface area contributed by atoms with Gasteiger partial charge in [-0.1, -0.05) is 30.3 Å². The van der Waals surface area contributed by atoms with E-state index in [1.54, 1.807) is 0 Å². The van der Waals surface area contributed by atoms with Crippen LogP contribution in [0.1, 0.15) is 36.8 Å². The van der Waals surface area contributed by atoms with Crippen molar-refractivity contribution in [1.29, 1.82) is 0 Å². The van der Waals surface area contributed by atoms with Gasteiger partial charge >= 0.3 is 0 Å². The van der Waals surface area contributed by atoms with Crippen molar-refractivity contribution in [2.75, 3.05) is 11.9 Å². The molecule has 128 valence electrons. The summed E-state index contributed by atoms with van der Waals surface area (Å²) >= 11 is 0. The molecule has 0 unspecified atom stereocenters. The van der Waals surface area contributed by atoms with Gasteiger partial charge in [0.15, 0.2) is 0 Å². The summed E-state index contributed by atoms with van der Waals surface area (Å²) in [7, 11) is 0. The Morgan fingerprint density at radius 2 is 1.80 bits per heavy atom. The first-order valence-electron chi connectivity index (χ1n) is 8.99. The molecule has 0 aliphatic heterocycles. The summed E-state index contributed by atoms with van der Waals surface area (Å²) in [6.45, 7) is 0.572. The SMILES string of the molecule is O=C(CCCNC(=O)C1CC1)Nc1ccc2c(c1)Cc1ccccc1-2. The highest BCUT2D eigenvalue weighted by atomic mass is 16.2. The average molecular weight is 334 g/mol. The molecule has 4 rings (SSSR count). The van der Waals surface area contributed by atoms with Crippen LogP contribution in [0.2, 0.25) is 0 Å². The Hall–Kier alpha value is -2.62. The minimum absolute atomic E-state index is 0.00358. The van der Waals surface area contributed by atoms with Gasteiger partial charge in [-0.05, 0) is 60.1 Å². The number of benzene rings is 2. The van der Waals surface area contributed by atoms with E-state index in [0.29, 0.717) is 19.4 Å². The maximum absolute atomic E-state index is 12.1. The van der Waals surface area contributed by atoms with E-state index in [9.17, 15) is 9.59 Å². The molecule has 2 aromatic rings. The van der Waals surface area contributed by atoms with Crippen molar-refractivity contribution < 1.29 is 9.59 Å². The highest BCUT2D eigenvalue weighted by Gasteiger charge is 2.29. The summed E-state index contributed by atoms with van der Waals surface area (Å²) in [5.74, 6) is 0.360. The molecule has 4 heteroatoms. The summed E-state index contributed by atoms with van der Waals surface area (Å²) in [6, 6.07) is 14.6. The summed E-state index contributed by atoms with van der Waals surface area (Å²) in [5, 5.41) is 5.86. The molecule has 0 radical (unpaired) electrons. The fraction of sp³-hybridized carbons (Fsp3) is 0.333. The molecule has 2 aromatic carbocycles. The Kier molecular flexibility index (Phi) is 4.26. The van der Waals surface area contributed by atoms with Crippen molar-refractivity contribution in [1.82, 2.24) is 5.32 Å². The lowest BCUT2D eigenvalue weighted by Gasteiger charge is -2.08. The second kappa shape index (κ2) is 6.71. The summed E-state index contributed by atoms with van der Waals surface area (Å²) in [4.78, 5) is 23.6. The van der Waals surface area contributed by atoms with Crippen LogP contribution < -0.4 is 10.6 Å². The first-order valence-corrected chi connectivity index (χ1v) is 8.99. The monoisotopic (exact) mass is 334 g/mol. The van der Waals surface area contributed by atoms with Gasteiger partial charge in [-0.25, -0.2) is 0 Å². The average Bonchev–Trinajstić information content (AvgIpc) is 3.39. The molecular weight excluding hydrogens is 312 g/mol. The molecule has 0 spiro atoms. The molecule has 0 atom stereocenters. The Bertz CT molecular complexity index is 824. The third-order valence-electron chi connectivity index (χ3n) is 4.91. The molecule has 0 bridgehead atoms. The van der Waals surface area contributed by atoms with Crippen molar-refractivity contribution >= 4 is 17.5 Å². The van der Waals surface area contributed by atoms with E-state index in [4.69, 9.17) is 0 Å². The van der Waals surface area contributed by atoms with Gasteiger partial charge in [0.1, 0.15) is 0 Å². The number of fused-ring (bicyclic) bond motifs is 3. The van der Waals surface area contributed by atoms with E-state index >= 15 is 0 Å². The van der Waals surface area contributed by atoms with E-state index in [1.807, 2.05) is 6.07 Å². The maximum atomic E-state index is 12.1. The molecule has 0 aromatic heterocycles. The van der Waals surface area contributed by atoms with Crippen LogP contribution in [0.4, 0.5) is 5.69 Å². The molecule has 4 nitrogen and oxygen atoms in total. The Labute approximate surface area is 147 Å². The van der Waals surface area contributed by atoms with Crippen molar-refractivity contribution in [2.24, 2.45) is 5.92 Å². The zero-order chi connectivity index (χ0) is 17.2. The number of carbonyl (C=O) groups excluding carboxylic acids is 2. The normalized spacial score (nSPS) is 14.6. The Morgan fingerprint density at radius 3 is 2.64 bits per heavy atom. The number of anilines is 1. The summed E-state index contributed by atoms with van der Waals surface area (Å²) in [6.07, 6.45) is 4.02. The van der Waals surface area contributed by atoms with E-state index in [-0.39, 0.29) is 17.7 Å². The molecule has 2 N–H and O–H groups in total. The van der Waals surface area contributed by atoms with Gasteiger partial charge in [0.2, 0.25) is 11.8 Å². The topological polar surface area (TPSA) is 58.2 Å². The molecule has 0 saturated heterocycles. The van der Waals surface area contributed by atoms with Gasteiger partial charge in [-0.3, -0.25) is 9.59 Å². The summed E-state index contributed by atoms with van der Waals surface area (Å²) < 4.78 is 0. The van der Waals surface area contributed by atoms with Gasteiger partial charge in [0.25, 0.3) is 0 Å². The molecule has 2 aliphatic carbocycles. The molecule has 25 heavy (non-hydrogen) atoms. The molecule has 0 heterocycles. The van der Waals surface area contributed by atoms with E-state index in [1.165, 1.54) is 22.3 Å². The van der Waals surface area contributed by atoms with Gasteiger partial charge in [-0.2, -0.15) is 0 Å². The molecule has 2 amide bonds. The quantitative estimate of drug-likeness (QED) is 0.678. The van der Waals surface area contributed by atoms with Gasteiger partial charge < -0.3 is 10.6 Å². The van der Waals surface area contributed by atoms with Crippen LogP contribution in [0.25, 0.3) is 11.1 Å². The minimum atomic E-state index is -0.00358. The second-order valence-corrected chi connectivity index (χ2v) is 6.92. The van der Waals surface area contributed by atoms with Gasteiger partial charge in [-0.15, -0.1) is 0 Å². The predicted octanol–water partition coefficient (Wildman–Crippen LogP) is 3.50. The Morgan fingerprint density at radius 1 is 1.00 bits per heavy atom. The van der Waals surface area contributed by atoms with E-state index in [0.717, 1.165) is 24.9 Å². The fourth-order valence-corrected chi connectivity index (χ4v) is 3.40. The van der Waals surface area contributed by atoms with Crippen molar-refractivity contribution in [2.45, 2.75) is 32.1 Å². The highest BCUT2D eigenvalue weighted by Crippen LogP contribution is 2.37. The van der Waals surface area contributed by atoms with Crippen molar-refractivity contribution in [3.05, 3.63) is 53.6 Å². The summed E-state index contributed by atoms with van der Waals surface area (Å²) in [5.41, 5.74) is 6.00. The number of hydrogen-bond acceptors (Lipinski definition) is 2. The standard InChI is InChI=1S/C21H22N2O2/c24-20(6-3-11-22-21(25)14-7-8-14)23-17-9-10-19-16(13-17)12-15-4-1-2-5-18(15)19/h1-2,4-5,9-10,13-14H,3,6-8,11-12H2,(H,22,25)(H,23,24). The first kappa shape index (κ1) is 15.9. The number of carbonyl (C=O) groups is 2. The second-order valence-electron chi connectivity index (χ2n) is 6.92. The number of amides is 2. The van der Waals surface area contributed by atoms with E-state index < -0.39 is 0 Å². The number of nitrogens with one attached hydrogen (secondary N) is 2. The minimum Gasteiger partial charge on any atom is -0.356 e. The molecular formula is C21H22N2O2. The van der Waals surface area contributed by atoms with Crippen LogP contribution in [0.3, 0.4) is 0 Å². The smallest absolute Gasteiger partial charge is 0.224 e. The van der Waals surface area contributed by atoms with Gasteiger partial charge in [0.05, 0.1) is 0 Å². The highest BCUT2D eigenvalue weighted by molar-refractivity contribution is 5.92. The zero-order valence-corrected chi connectivity index (χ0v) is 14.2. The lowest BCUT2D eigenvalue weighted by molar-refractivity contribution is -0.122. The van der Waals surface area contributed by atoms with Crippen molar-refractivity contribution in [3.8, 4) is 11.1 Å². The van der Waals surface area contributed by atoms with E-state index in [2.05, 4.69) is 47.0 Å². The van der Waals surface area contributed by atoms with Crippen LogP contribution in [-0.4, -0.2) is 18.4 Å². The number of hydrogen-bond donors (Lipinski definition) is 2. The van der Waals surface area contributed by atoms with Crippen molar-refractivity contribution in [3.63, 3.8) is 0 Å². The lowest BCUT2D eigenvalue weighted by atomic mass is 10.1.